The summed E-state index contributed by atoms with van der Waals surface area (Å²) in [6.07, 6.45) is 0. The second kappa shape index (κ2) is 7.93. The molecule has 3 aromatic carbocycles. The molecule has 6 heteroatoms. The highest BCUT2D eigenvalue weighted by Crippen LogP contribution is 2.41. The predicted molar refractivity (Wildman–Crippen MR) is 117 cm³/mol. The Morgan fingerprint density at radius 2 is 1.76 bits per heavy atom. The number of fused-ring (bicyclic) bond motifs is 2. The molecule has 0 saturated carbocycles. The second-order valence-electron chi connectivity index (χ2n) is 6.89. The van der Waals surface area contributed by atoms with Crippen molar-refractivity contribution < 1.29 is 9.59 Å². The van der Waals surface area contributed by atoms with E-state index in [1.54, 1.807) is 36.2 Å². The number of amides is 2. The summed E-state index contributed by atoms with van der Waals surface area (Å²) in [5, 5.41) is 3.66. The van der Waals surface area contributed by atoms with Crippen LogP contribution in [0.1, 0.15) is 39.2 Å². The molecule has 0 spiro atoms. The average Bonchev–Trinajstić information content (AvgIpc) is 2.83. The first-order valence-corrected chi connectivity index (χ1v) is 10.4. The van der Waals surface area contributed by atoms with Crippen LogP contribution in [0.3, 0.4) is 0 Å². The second-order valence-corrected chi connectivity index (χ2v) is 8.41. The number of rotatable bonds is 3. The Balaban J connectivity index is 1.60. The van der Waals surface area contributed by atoms with Crippen molar-refractivity contribution >= 4 is 40.9 Å². The fourth-order valence-corrected chi connectivity index (χ4v) is 4.47. The normalized spacial score (nSPS) is 13.9. The van der Waals surface area contributed by atoms with Crippen molar-refractivity contribution in [2.24, 2.45) is 0 Å². The van der Waals surface area contributed by atoms with Crippen molar-refractivity contribution in [2.75, 3.05) is 11.9 Å². The van der Waals surface area contributed by atoms with Crippen molar-refractivity contribution in [3.63, 3.8) is 0 Å². The van der Waals surface area contributed by atoms with Gasteiger partial charge in [-0.1, -0.05) is 47.6 Å². The molecule has 4 nitrogen and oxygen atoms in total. The maximum atomic E-state index is 12.9. The number of carbonyl (C=O) groups is 2. The molecule has 1 heterocycles. The lowest BCUT2D eigenvalue weighted by atomic mass is 10.1. The Hall–Kier alpha value is -2.76. The first-order valence-electron chi connectivity index (χ1n) is 9.19. The minimum Gasteiger partial charge on any atom is -0.346 e. The average molecular weight is 423 g/mol. The lowest BCUT2D eigenvalue weighted by Crippen LogP contribution is -2.28. The topological polar surface area (TPSA) is 49.4 Å². The first-order chi connectivity index (χ1) is 13.9. The Kier molecular flexibility index (Phi) is 5.35. The van der Waals surface area contributed by atoms with Crippen LogP contribution in [-0.4, -0.2) is 18.9 Å². The highest BCUT2D eigenvalue weighted by molar-refractivity contribution is 7.99. The van der Waals surface area contributed by atoms with Gasteiger partial charge in [0.25, 0.3) is 11.8 Å². The van der Waals surface area contributed by atoms with Gasteiger partial charge in [0.1, 0.15) is 0 Å². The van der Waals surface area contributed by atoms with Crippen molar-refractivity contribution in [2.45, 2.75) is 22.8 Å². The summed E-state index contributed by atoms with van der Waals surface area (Å²) in [7, 11) is 1.74. The summed E-state index contributed by atoms with van der Waals surface area (Å²) in [6, 6.07) is 20.2. The largest absolute Gasteiger partial charge is 0.346 e. The van der Waals surface area contributed by atoms with E-state index in [2.05, 4.69) is 5.32 Å². The molecule has 0 aliphatic carbocycles. The minimum atomic E-state index is -0.192. The predicted octanol–water partition coefficient (Wildman–Crippen LogP) is 5.57. The number of nitrogens with one attached hydrogen (secondary N) is 1. The molecule has 1 aliphatic rings. The monoisotopic (exact) mass is 422 g/mol. The zero-order valence-electron chi connectivity index (χ0n) is 16.0. The highest BCUT2D eigenvalue weighted by atomic mass is 35.5. The van der Waals surface area contributed by atoms with E-state index in [0.29, 0.717) is 16.1 Å². The van der Waals surface area contributed by atoms with Gasteiger partial charge in [0.15, 0.2) is 0 Å². The van der Waals surface area contributed by atoms with Crippen molar-refractivity contribution in [1.82, 2.24) is 5.32 Å². The molecule has 0 unspecified atom stereocenters. The molecular formula is C23H19ClN2O2S. The lowest BCUT2D eigenvalue weighted by molar-refractivity contribution is 0.0937. The van der Waals surface area contributed by atoms with Gasteiger partial charge in [-0.05, 0) is 55.0 Å². The van der Waals surface area contributed by atoms with E-state index in [0.717, 1.165) is 21.0 Å². The van der Waals surface area contributed by atoms with Gasteiger partial charge < -0.3 is 10.2 Å². The maximum Gasteiger partial charge on any atom is 0.259 e. The third-order valence-corrected chi connectivity index (χ3v) is 6.34. The third kappa shape index (κ3) is 3.88. The number of halogens is 1. The summed E-state index contributed by atoms with van der Waals surface area (Å²) in [4.78, 5) is 29.2. The molecule has 146 valence electrons. The summed E-state index contributed by atoms with van der Waals surface area (Å²) >= 11 is 7.47. The van der Waals surface area contributed by atoms with E-state index in [-0.39, 0.29) is 17.9 Å². The molecular weight excluding hydrogens is 404 g/mol. The van der Waals surface area contributed by atoms with Gasteiger partial charge in [-0.25, -0.2) is 0 Å². The van der Waals surface area contributed by atoms with Crippen LogP contribution in [0.15, 0.2) is 76.5 Å². The van der Waals surface area contributed by atoms with Crippen LogP contribution in [0.4, 0.5) is 5.69 Å². The standard InChI is InChI=1S/C23H19ClN2O2S/c1-14(15-7-10-17(24)11-8-15)25-22(27)16-9-12-21-19(13-16)26(2)23(28)18-5-3-4-6-20(18)29-21/h3-14H,1-2H3,(H,25,27)/t14-/m1/s1. The Labute approximate surface area is 178 Å². The zero-order valence-corrected chi connectivity index (χ0v) is 17.6. The molecule has 0 fully saturated rings. The molecule has 1 atom stereocenters. The van der Waals surface area contributed by atoms with Crippen molar-refractivity contribution in [3.05, 3.63) is 88.4 Å². The highest BCUT2D eigenvalue weighted by Gasteiger charge is 2.25. The van der Waals surface area contributed by atoms with Crippen molar-refractivity contribution in [3.8, 4) is 0 Å². The van der Waals surface area contributed by atoms with Crippen LogP contribution in [0.25, 0.3) is 0 Å². The van der Waals surface area contributed by atoms with Crippen LogP contribution in [0.5, 0.6) is 0 Å². The number of benzene rings is 3. The Morgan fingerprint density at radius 1 is 1.03 bits per heavy atom. The quantitative estimate of drug-likeness (QED) is 0.600. The van der Waals surface area contributed by atoms with E-state index in [1.165, 1.54) is 11.8 Å². The van der Waals surface area contributed by atoms with Gasteiger partial charge in [-0.2, -0.15) is 0 Å². The number of anilines is 1. The summed E-state index contributed by atoms with van der Waals surface area (Å²) < 4.78 is 0. The minimum absolute atomic E-state index is 0.0843. The van der Waals surface area contributed by atoms with Crippen molar-refractivity contribution in [1.29, 1.82) is 0 Å². The molecule has 4 rings (SSSR count). The fraction of sp³-hybridized carbons (Fsp3) is 0.130. The number of hydrogen-bond donors (Lipinski definition) is 1. The number of hydrogen-bond acceptors (Lipinski definition) is 3. The van der Waals surface area contributed by atoms with Gasteiger partial charge in [0, 0.05) is 27.4 Å². The fourth-order valence-electron chi connectivity index (χ4n) is 3.26. The van der Waals surface area contributed by atoms with Crippen LogP contribution in [-0.2, 0) is 0 Å². The molecule has 0 radical (unpaired) electrons. The number of nitrogens with zero attached hydrogens (tertiary/aromatic N) is 1. The van der Waals surface area contributed by atoms with Gasteiger partial charge >= 0.3 is 0 Å². The summed E-state index contributed by atoms with van der Waals surface area (Å²) in [5.74, 6) is -0.276. The zero-order chi connectivity index (χ0) is 20.5. The summed E-state index contributed by atoms with van der Waals surface area (Å²) in [6.45, 7) is 1.92. The molecule has 1 aliphatic heterocycles. The van der Waals surface area contributed by atoms with E-state index < -0.39 is 0 Å². The van der Waals surface area contributed by atoms with Gasteiger partial charge in [-0.15, -0.1) is 0 Å². The van der Waals surface area contributed by atoms with E-state index in [4.69, 9.17) is 11.6 Å². The van der Waals surface area contributed by atoms with Crippen LogP contribution >= 0.6 is 23.4 Å². The smallest absolute Gasteiger partial charge is 0.259 e. The molecule has 3 aromatic rings. The Morgan fingerprint density at radius 3 is 2.52 bits per heavy atom. The van der Waals surface area contributed by atoms with E-state index in [1.807, 2.05) is 49.4 Å². The van der Waals surface area contributed by atoms with Crippen LogP contribution in [0.2, 0.25) is 5.02 Å². The molecule has 0 aromatic heterocycles. The molecule has 29 heavy (non-hydrogen) atoms. The van der Waals surface area contributed by atoms with E-state index in [9.17, 15) is 9.59 Å². The van der Waals surface area contributed by atoms with Gasteiger partial charge in [-0.3, -0.25) is 9.59 Å². The van der Waals surface area contributed by atoms with Crippen LogP contribution < -0.4 is 10.2 Å². The molecule has 0 saturated heterocycles. The first kappa shape index (κ1) is 19.6. The summed E-state index contributed by atoms with van der Waals surface area (Å²) in [5.41, 5.74) is 2.87. The SMILES string of the molecule is C[C@@H](NC(=O)c1ccc2c(c1)N(C)C(=O)c1ccccc1S2)c1ccc(Cl)cc1. The maximum absolute atomic E-state index is 12.9. The van der Waals surface area contributed by atoms with E-state index >= 15 is 0 Å². The van der Waals surface area contributed by atoms with Gasteiger partial charge in [0.2, 0.25) is 0 Å². The molecule has 2 amide bonds. The van der Waals surface area contributed by atoms with Crippen LogP contribution in [0, 0.1) is 0 Å². The third-order valence-electron chi connectivity index (χ3n) is 4.94. The van der Waals surface area contributed by atoms with Gasteiger partial charge in [0.05, 0.1) is 17.3 Å². The number of carbonyl (C=O) groups excluding carboxylic acids is 2. The molecule has 0 bridgehead atoms. The molecule has 1 N–H and O–H groups in total. The Bertz CT molecular complexity index is 1100. The lowest BCUT2D eigenvalue weighted by Gasteiger charge is -2.19.